The molecule has 0 aliphatic carbocycles. The molecular weight excluding hydrogens is 374 g/mol. The average Bonchev–Trinajstić information content (AvgIpc) is 3.21. The second kappa shape index (κ2) is 10.9. The van der Waals surface area contributed by atoms with Crippen LogP contribution in [0.1, 0.15) is 55.1 Å². The quantitative estimate of drug-likeness (QED) is 0.434. The molecule has 0 radical (unpaired) electrons. The molecule has 3 rings (SSSR count). The van der Waals surface area contributed by atoms with Gasteiger partial charge in [0.2, 0.25) is 0 Å². The van der Waals surface area contributed by atoms with Gasteiger partial charge in [0.1, 0.15) is 12.4 Å². The van der Waals surface area contributed by atoms with Gasteiger partial charge in [-0.25, -0.2) is 4.79 Å². The van der Waals surface area contributed by atoms with E-state index in [0.717, 1.165) is 30.7 Å². The molecule has 0 bridgehead atoms. The predicted octanol–water partition coefficient (Wildman–Crippen LogP) is 4.40. The molecule has 150 valence electrons. The van der Waals surface area contributed by atoms with Gasteiger partial charge in [0.15, 0.2) is 0 Å². The summed E-state index contributed by atoms with van der Waals surface area (Å²) in [5, 5.41) is 0. The van der Waals surface area contributed by atoms with Crippen molar-refractivity contribution >= 4 is 23.3 Å². The van der Waals surface area contributed by atoms with Crippen molar-refractivity contribution in [1.82, 2.24) is 13.6 Å². The lowest BCUT2D eigenvalue weighted by molar-refractivity contribution is 0.0243. The van der Waals surface area contributed by atoms with Crippen molar-refractivity contribution in [3.8, 4) is 5.88 Å². The molecule has 0 atom stereocenters. The fourth-order valence-corrected chi connectivity index (χ4v) is 3.60. The first-order valence-corrected chi connectivity index (χ1v) is 10.6. The van der Waals surface area contributed by atoms with Gasteiger partial charge in [-0.3, -0.25) is 4.90 Å². The van der Waals surface area contributed by atoms with E-state index in [2.05, 4.69) is 26.6 Å². The molecule has 7 heteroatoms. The molecule has 2 aromatic rings. The SMILES string of the molecule is CCCCCCOc1nsnc1C1=CCCN(COC(=O)c2ccccc2)C1. The number of esters is 1. The molecule has 0 amide bonds. The summed E-state index contributed by atoms with van der Waals surface area (Å²) < 4.78 is 20.1. The van der Waals surface area contributed by atoms with E-state index in [1.165, 1.54) is 31.0 Å². The van der Waals surface area contributed by atoms with Crippen LogP contribution in [0, 0.1) is 0 Å². The minimum Gasteiger partial charge on any atom is -0.475 e. The number of carbonyl (C=O) groups excluding carboxylic acids is 1. The highest BCUT2D eigenvalue weighted by atomic mass is 32.1. The molecule has 1 aromatic heterocycles. The first-order chi connectivity index (χ1) is 13.8. The van der Waals surface area contributed by atoms with Crippen LogP contribution in [0.3, 0.4) is 0 Å². The first-order valence-electron chi connectivity index (χ1n) is 9.87. The summed E-state index contributed by atoms with van der Waals surface area (Å²) in [5.74, 6) is 0.319. The molecule has 0 spiro atoms. The summed E-state index contributed by atoms with van der Waals surface area (Å²) in [4.78, 5) is 14.2. The van der Waals surface area contributed by atoms with Gasteiger partial charge in [0, 0.05) is 13.1 Å². The molecule has 0 fully saturated rings. The van der Waals surface area contributed by atoms with E-state index >= 15 is 0 Å². The van der Waals surface area contributed by atoms with E-state index in [-0.39, 0.29) is 12.7 Å². The van der Waals surface area contributed by atoms with E-state index in [4.69, 9.17) is 9.47 Å². The lowest BCUT2D eigenvalue weighted by atomic mass is 10.1. The number of unbranched alkanes of at least 4 members (excludes halogenated alkanes) is 3. The number of ether oxygens (including phenoxy) is 2. The zero-order chi connectivity index (χ0) is 19.6. The fourth-order valence-electron chi connectivity index (χ4n) is 3.06. The number of hydrogen-bond acceptors (Lipinski definition) is 7. The number of nitrogens with zero attached hydrogens (tertiary/aromatic N) is 3. The van der Waals surface area contributed by atoms with Crippen LogP contribution in [-0.2, 0) is 4.74 Å². The van der Waals surface area contributed by atoms with Crippen LogP contribution < -0.4 is 4.74 Å². The lowest BCUT2D eigenvalue weighted by Crippen LogP contribution is -2.33. The standard InChI is InChI=1S/C21H27N3O3S/c1-2-3-4-8-14-26-20-19(22-28-23-20)18-12-9-13-24(15-18)16-27-21(25)17-10-6-5-7-11-17/h5-7,10-12H,2-4,8-9,13-16H2,1H3. The maximum atomic E-state index is 12.1. The van der Waals surface area contributed by atoms with Crippen molar-refractivity contribution in [3.05, 3.63) is 47.7 Å². The average molecular weight is 402 g/mol. The minimum absolute atomic E-state index is 0.260. The zero-order valence-electron chi connectivity index (χ0n) is 16.3. The van der Waals surface area contributed by atoms with Gasteiger partial charge in [-0.05, 0) is 30.5 Å². The summed E-state index contributed by atoms with van der Waals surface area (Å²) in [6.45, 7) is 4.64. The Hall–Kier alpha value is -2.25. The Bertz CT molecular complexity index is 776. The number of aromatic nitrogens is 2. The summed E-state index contributed by atoms with van der Waals surface area (Å²) in [7, 11) is 0. The van der Waals surface area contributed by atoms with Gasteiger partial charge in [0.25, 0.3) is 5.88 Å². The summed E-state index contributed by atoms with van der Waals surface area (Å²) in [5.41, 5.74) is 2.47. The second-order valence-corrected chi connectivity index (χ2v) is 7.35. The zero-order valence-corrected chi connectivity index (χ0v) is 17.1. The van der Waals surface area contributed by atoms with Gasteiger partial charge >= 0.3 is 5.97 Å². The largest absolute Gasteiger partial charge is 0.475 e. The summed E-state index contributed by atoms with van der Waals surface area (Å²) in [6, 6.07) is 9.06. The Kier molecular flexibility index (Phi) is 7.99. The smallest absolute Gasteiger partial charge is 0.339 e. The van der Waals surface area contributed by atoms with Crippen molar-refractivity contribution in [2.75, 3.05) is 26.4 Å². The van der Waals surface area contributed by atoms with Crippen LogP contribution in [0.25, 0.3) is 5.57 Å². The van der Waals surface area contributed by atoms with Gasteiger partial charge in [-0.2, -0.15) is 4.37 Å². The highest BCUT2D eigenvalue weighted by molar-refractivity contribution is 6.99. The van der Waals surface area contributed by atoms with Crippen LogP contribution in [0.5, 0.6) is 5.88 Å². The Morgan fingerprint density at radius 1 is 1.18 bits per heavy atom. The molecule has 0 N–H and O–H groups in total. The maximum Gasteiger partial charge on any atom is 0.339 e. The van der Waals surface area contributed by atoms with Crippen molar-refractivity contribution in [2.24, 2.45) is 0 Å². The van der Waals surface area contributed by atoms with E-state index in [0.29, 0.717) is 24.6 Å². The van der Waals surface area contributed by atoms with Gasteiger partial charge in [0.05, 0.1) is 23.9 Å². The molecular formula is C21H27N3O3S. The normalized spacial score (nSPS) is 14.5. The van der Waals surface area contributed by atoms with Crippen molar-refractivity contribution in [2.45, 2.75) is 39.0 Å². The van der Waals surface area contributed by atoms with Crippen molar-refractivity contribution in [3.63, 3.8) is 0 Å². The Morgan fingerprint density at radius 2 is 2.04 bits per heavy atom. The number of benzene rings is 1. The van der Waals surface area contributed by atoms with Crippen LogP contribution >= 0.6 is 11.7 Å². The molecule has 28 heavy (non-hydrogen) atoms. The second-order valence-electron chi connectivity index (χ2n) is 6.82. The monoisotopic (exact) mass is 401 g/mol. The lowest BCUT2D eigenvalue weighted by Gasteiger charge is -2.26. The van der Waals surface area contributed by atoms with Gasteiger partial charge in [-0.1, -0.05) is 50.5 Å². The number of carbonyl (C=O) groups is 1. The third-order valence-electron chi connectivity index (χ3n) is 4.62. The van der Waals surface area contributed by atoms with Crippen LogP contribution in [0.2, 0.25) is 0 Å². The van der Waals surface area contributed by atoms with Crippen molar-refractivity contribution < 1.29 is 14.3 Å². The Labute approximate surface area is 170 Å². The summed E-state index contributed by atoms with van der Waals surface area (Å²) in [6.07, 6.45) is 7.70. The van der Waals surface area contributed by atoms with Crippen LogP contribution in [0.4, 0.5) is 0 Å². The first kappa shape index (κ1) is 20.5. The molecule has 1 aliphatic rings. The Morgan fingerprint density at radius 3 is 2.86 bits per heavy atom. The third kappa shape index (κ3) is 5.87. The molecule has 1 aromatic carbocycles. The van der Waals surface area contributed by atoms with Crippen LogP contribution in [-0.4, -0.2) is 46.0 Å². The molecule has 6 nitrogen and oxygen atoms in total. The predicted molar refractivity (Wildman–Crippen MR) is 110 cm³/mol. The third-order valence-corrected chi connectivity index (χ3v) is 5.13. The topological polar surface area (TPSA) is 64.6 Å². The maximum absolute atomic E-state index is 12.1. The summed E-state index contributed by atoms with van der Waals surface area (Å²) >= 11 is 1.18. The highest BCUT2D eigenvalue weighted by Gasteiger charge is 2.21. The molecule has 0 unspecified atom stereocenters. The van der Waals surface area contributed by atoms with Crippen LogP contribution in [0.15, 0.2) is 36.4 Å². The number of rotatable bonds is 10. The minimum atomic E-state index is -0.303. The van der Waals surface area contributed by atoms with E-state index in [1.807, 2.05) is 18.2 Å². The fraction of sp³-hybridized carbons (Fsp3) is 0.476. The number of hydrogen-bond donors (Lipinski definition) is 0. The Balaban J connectivity index is 1.50. The van der Waals surface area contributed by atoms with Gasteiger partial charge in [-0.15, -0.1) is 4.37 Å². The van der Waals surface area contributed by atoms with Crippen molar-refractivity contribution in [1.29, 1.82) is 0 Å². The molecule has 1 aliphatic heterocycles. The molecule has 0 saturated heterocycles. The van der Waals surface area contributed by atoms with Gasteiger partial charge < -0.3 is 9.47 Å². The molecule has 2 heterocycles. The highest BCUT2D eigenvalue weighted by Crippen LogP contribution is 2.27. The van der Waals surface area contributed by atoms with E-state index in [9.17, 15) is 4.79 Å². The molecule has 0 saturated carbocycles. The van der Waals surface area contributed by atoms with E-state index in [1.54, 1.807) is 12.1 Å². The van der Waals surface area contributed by atoms with E-state index < -0.39 is 0 Å².